The molecule has 1 amide bonds. The van der Waals surface area contributed by atoms with Gasteiger partial charge in [0.05, 0.1) is 0 Å². The van der Waals surface area contributed by atoms with Gasteiger partial charge < -0.3 is 15.2 Å². The van der Waals surface area contributed by atoms with E-state index in [0.29, 0.717) is 6.54 Å². The summed E-state index contributed by atoms with van der Waals surface area (Å²) in [4.78, 5) is 22.0. The number of aryl methyl sites for hydroxylation is 1. The average Bonchev–Trinajstić information content (AvgIpc) is 2.44. The first-order valence-corrected chi connectivity index (χ1v) is 8.03. The van der Waals surface area contributed by atoms with Crippen LogP contribution in [0, 0.1) is 0 Å². The standard InChI is InChI=1S/C18H27NO4/c1-18(2,3)23-17(22)19-13-15-11-9-14(10-12-15)7-5-4-6-8-16(20)21/h9-12H,4-8,13H2,1-3H3,(H,19,22)(H,20,21). The van der Waals surface area contributed by atoms with Crippen LogP contribution in [0.25, 0.3) is 0 Å². The second-order valence-corrected chi connectivity index (χ2v) is 6.63. The van der Waals surface area contributed by atoms with Crippen LogP contribution >= 0.6 is 0 Å². The molecule has 23 heavy (non-hydrogen) atoms. The number of hydrogen-bond donors (Lipinski definition) is 2. The number of benzene rings is 1. The highest BCUT2D eigenvalue weighted by Gasteiger charge is 2.15. The van der Waals surface area contributed by atoms with E-state index in [1.54, 1.807) is 0 Å². The van der Waals surface area contributed by atoms with Crippen molar-refractivity contribution >= 4 is 12.1 Å². The number of carboxylic acid groups (broad SMARTS) is 1. The maximum atomic E-state index is 11.6. The molecular formula is C18H27NO4. The van der Waals surface area contributed by atoms with Gasteiger partial charge in [0.15, 0.2) is 0 Å². The zero-order valence-corrected chi connectivity index (χ0v) is 14.2. The summed E-state index contributed by atoms with van der Waals surface area (Å²) < 4.78 is 5.18. The summed E-state index contributed by atoms with van der Waals surface area (Å²) in [5, 5.41) is 11.3. The molecule has 5 nitrogen and oxygen atoms in total. The average molecular weight is 321 g/mol. The molecule has 0 aliphatic heterocycles. The number of nitrogens with one attached hydrogen (secondary N) is 1. The van der Waals surface area contributed by atoms with Crippen molar-refractivity contribution in [3.8, 4) is 0 Å². The van der Waals surface area contributed by atoms with Gasteiger partial charge in [0, 0.05) is 13.0 Å². The van der Waals surface area contributed by atoms with E-state index in [1.807, 2.05) is 45.0 Å². The Morgan fingerprint density at radius 2 is 1.65 bits per heavy atom. The number of alkyl carbamates (subject to hydrolysis) is 1. The highest BCUT2D eigenvalue weighted by molar-refractivity contribution is 5.67. The van der Waals surface area contributed by atoms with Crippen LogP contribution in [0.5, 0.6) is 0 Å². The first kappa shape index (κ1) is 19.0. The van der Waals surface area contributed by atoms with Gasteiger partial charge in [0.25, 0.3) is 0 Å². The Bertz CT molecular complexity index is 503. The molecule has 0 aliphatic carbocycles. The number of ether oxygens (including phenoxy) is 1. The van der Waals surface area contributed by atoms with Crippen LogP contribution < -0.4 is 5.32 Å². The lowest BCUT2D eigenvalue weighted by atomic mass is 10.0. The predicted octanol–water partition coefficient (Wildman–Crippen LogP) is 3.90. The number of unbranched alkanes of at least 4 members (excludes halogenated alkanes) is 2. The first-order valence-electron chi connectivity index (χ1n) is 8.03. The Balaban J connectivity index is 2.28. The van der Waals surface area contributed by atoms with Gasteiger partial charge in [-0.05, 0) is 51.2 Å². The van der Waals surface area contributed by atoms with Gasteiger partial charge >= 0.3 is 12.1 Å². The number of carbonyl (C=O) groups is 2. The highest BCUT2D eigenvalue weighted by atomic mass is 16.6. The topological polar surface area (TPSA) is 75.6 Å². The summed E-state index contributed by atoms with van der Waals surface area (Å²) in [5.41, 5.74) is 1.75. The number of carbonyl (C=O) groups excluding carboxylic acids is 1. The van der Waals surface area contributed by atoms with Crippen molar-refractivity contribution in [3.63, 3.8) is 0 Å². The molecule has 5 heteroatoms. The lowest BCUT2D eigenvalue weighted by Crippen LogP contribution is -2.32. The van der Waals surface area contributed by atoms with E-state index in [-0.39, 0.29) is 6.42 Å². The summed E-state index contributed by atoms with van der Waals surface area (Å²) in [7, 11) is 0. The maximum absolute atomic E-state index is 11.6. The van der Waals surface area contributed by atoms with Crippen LogP contribution in [0.3, 0.4) is 0 Å². The van der Waals surface area contributed by atoms with Crippen molar-refractivity contribution in [2.24, 2.45) is 0 Å². The van der Waals surface area contributed by atoms with Gasteiger partial charge in [0.2, 0.25) is 0 Å². The monoisotopic (exact) mass is 321 g/mol. The first-order chi connectivity index (χ1) is 10.8. The van der Waals surface area contributed by atoms with Gasteiger partial charge in [-0.25, -0.2) is 4.79 Å². The van der Waals surface area contributed by atoms with Gasteiger partial charge in [-0.3, -0.25) is 4.79 Å². The van der Waals surface area contributed by atoms with E-state index in [4.69, 9.17) is 9.84 Å². The van der Waals surface area contributed by atoms with Crippen LogP contribution in [-0.4, -0.2) is 22.8 Å². The maximum Gasteiger partial charge on any atom is 0.407 e. The molecule has 1 aromatic carbocycles. The molecular weight excluding hydrogens is 294 g/mol. The fourth-order valence-corrected chi connectivity index (χ4v) is 2.09. The van der Waals surface area contributed by atoms with Crippen LogP contribution in [0.2, 0.25) is 0 Å². The second-order valence-electron chi connectivity index (χ2n) is 6.63. The van der Waals surface area contributed by atoms with E-state index in [9.17, 15) is 9.59 Å². The van der Waals surface area contributed by atoms with E-state index in [1.165, 1.54) is 5.56 Å². The molecule has 0 unspecified atom stereocenters. The summed E-state index contributed by atoms with van der Waals surface area (Å²) in [6.45, 7) is 5.93. The Kier molecular flexibility index (Phi) is 7.59. The van der Waals surface area contributed by atoms with Crippen molar-refractivity contribution in [2.75, 3.05) is 0 Å². The Morgan fingerprint density at radius 3 is 2.22 bits per heavy atom. The third-order valence-corrected chi connectivity index (χ3v) is 3.21. The molecule has 0 spiro atoms. The van der Waals surface area contributed by atoms with Crippen LogP contribution in [0.4, 0.5) is 4.79 Å². The summed E-state index contributed by atoms with van der Waals surface area (Å²) in [5.74, 6) is -0.730. The molecule has 0 radical (unpaired) electrons. The number of rotatable bonds is 8. The Labute approximate surface area is 138 Å². The van der Waals surface area contributed by atoms with E-state index in [2.05, 4.69) is 5.32 Å². The summed E-state index contributed by atoms with van der Waals surface area (Å²) in [6, 6.07) is 8.07. The molecule has 2 N–H and O–H groups in total. The normalized spacial score (nSPS) is 11.1. The lowest BCUT2D eigenvalue weighted by molar-refractivity contribution is -0.137. The molecule has 0 saturated heterocycles. The van der Waals surface area contributed by atoms with Crippen LogP contribution in [-0.2, 0) is 22.5 Å². The Hall–Kier alpha value is -2.04. The minimum Gasteiger partial charge on any atom is -0.481 e. The molecule has 0 fully saturated rings. The zero-order chi connectivity index (χ0) is 17.3. The predicted molar refractivity (Wildman–Crippen MR) is 89.3 cm³/mol. The van der Waals surface area contributed by atoms with Crippen molar-refractivity contribution in [2.45, 2.75) is 65.0 Å². The number of carboxylic acids is 1. The fraction of sp³-hybridized carbons (Fsp3) is 0.556. The summed E-state index contributed by atoms with van der Waals surface area (Å²) >= 11 is 0. The molecule has 128 valence electrons. The molecule has 1 aromatic rings. The molecule has 0 aromatic heterocycles. The molecule has 1 rings (SSSR count). The number of amides is 1. The molecule has 0 heterocycles. The number of hydrogen-bond acceptors (Lipinski definition) is 3. The zero-order valence-electron chi connectivity index (χ0n) is 14.2. The summed E-state index contributed by atoms with van der Waals surface area (Å²) in [6.07, 6.45) is 3.42. The van der Waals surface area contributed by atoms with Crippen molar-refractivity contribution in [1.29, 1.82) is 0 Å². The molecule has 0 aliphatic rings. The van der Waals surface area contributed by atoms with E-state index >= 15 is 0 Å². The fourth-order valence-electron chi connectivity index (χ4n) is 2.09. The van der Waals surface area contributed by atoms with Gasteiger partial charge in [0.1, 0.15) is 5.60 Å². The van der Waals surface area contributed by atoms with Gasteiger partial charge in [-0.2, -0.15) is 0 Å². The molecule has 0 bridgehead atoms. The molecule has 0 saturated carbocycles. The van der Waals surface area contributed by atoms with Crippen LogP contribution in [0.15, 0.2) is 24.3 Å². The largest absolute Gasteiger partial charge is 0.481 e. The minimum atomic E-state index is -0.730. The van der Waals surface area contributed by atoms with E-state index in [0.717, 1.165) is 31.2 Å². The van der Waals surface area contributed by atoms with Crippen molar-refractivity contribution in [3.05, 3.63) is 35.4 Å². The van der Waals surface area contributed by atoms with Crippen molar-refractivity contribution < 1.29 is 19.4 Å². The SMILES string of the molecule is CC(C)(C)OC(=O)NCc1ccc(CCCCCC(=O)O)cc1. The van der Waals surface area contributed by atoms with Gasteiger partial charge in [-0.15, -0.1) is 0 Å². The van der Waals surface area contributed by atoms with E-state index < -0.39 is 17.7 Å². The second kappa shape index (κ2) is 9.18. The molecule has 0 atom stereocenters. The van der Waals surface area contributed by atoms with Gasteiger partial charge in [-0.1, -0.05) is 30.7 Å². The highest BCUT2D eigenvalue weighted by Crippen LogP contribution is 2.11. The quantitative estimate of drug-likeness (QED) is 0.712. The third-order valence-electron chi connectivity index (χ3n) is 3.21. The van der Waals surface area contributed by atoms with Crippen molar-refractivity contribution in [1.82, 2.24) is 5.32 Å². The minimum absolute atomic E-state index is 0.245. The lowest BCUT2D eigenvalue weighted by Gasteiger charge is -2.19. The van der Waals surface area contributed by atoms with Crippen LogP contribution in [0.1, 0.15) is 57.6 Å². The third kappa shape index (κ3) is 9.55. The number of aliphatic carboxylic acids is 1. The smallest absolute Gasteiger partial charge is 0.407 e. The Morgan fingerprint density at radius 1 is 1.04 bits per heavy atom.